The number of guanidine groups is 1. The number of hydrogen-bond acceptors (Lipinski definition) is 3. The minimum Gasteiger partial charge on any atom is -0.357 e. The Kier molecular flexibility index (Phi) is 11.3. The van der Waals surface area contributed by atoms with Crippen molar-refractivity contribution in [1.82, 2.24) is 25.7 Å². The molecule has 0 unspecified atom stereocenters. The lowest BCUT2D eigenvalue weighted by molar-refractivity contribution is 0.0827. The van der Waals surface area contributed by atoms with Crippen LogP contribution < -0.4 is 10.6 Å². The third kappa shape index (κ3) is 8.43. The second-order valence-electron chi connectivity index (χ2n) is 6.96. The van der Waals surface area contributed by atoms with E-state index in [1.165, 1.54) is 5.56 Å². The summed E-state index contributed by atoms with van der Waals surface area (Å²) in [6.07, 6.45) is 4.66. The minimum atomic E-state index is 0. The molecule has 1 aromatic heterocycles. The van der Waals surface area contributed by atoms with Gasteiger partial charge >= 0.3 is 0 Å². The average Bonchev–Trinajstić information content (AvgIpc) is 3.09. The third-order valence-corrected chi connectivity index (χ3v) is 4.44. The highest BCUT2D eigenvalue weighted by atomic mass is 127. The van der Waals surface area contributed by atoms with Crippen molar-refractivity contribution in [2.24, 2.45) is 4.99 Å². The number of aliphatic imine (C=N–C) groups is 1. The summed E-state index contributed by atoms with van der Waals surface area (Å²) < 4.78 is 0. The Hall–Kier alpha value is -2.10. The summed E-state index contributed by atoms with van der Waals surface area (Å²) in [6, 6.07) is 7.79. The van der Waals surface area contributed by atoms with E-state index in [-0.39, 0.29) is 29.9 Å². The number of benzene rings is 1. The molecule has 0 atom stereocenters. The first-order valence-corrected chi connectivity index (χ1v) is 9.83. The first-order chi connectivity index (χ1) is 13.5. The molecular weight excluding hydrogens is 479 g/mol. The van der Waals surface area contributed by atoms with Crippen molar-refractivity contribution >= 4 is 35.8 Å². The van der Waals surface area contributed by atoms with Gasteiger partial charge in [0.05, 0.1) is 6.20 Å². The summed E-state index contributed by atoms with van der Waals surface area (Å²) in [7, 11) is 3.53. The molecule has 0 aliphatic heterocycles. The van der Waals surface area contributed by atoms with Gasteiger partial charge in [-0.05, 0) is 56.4 Å². The number of nitrogens with one attached hydrogen (secondary N) is 3. The van der Waals surface area contributed by atoms with Gasteiger partial charge in [-0.2, -0.15) is 5.10 Å². The van der Waals surface area contributed by atoms with Crippen molar-refractivity contribution in [1.29, 1.82) is 0 Å². The molecule has 1 aromatic carbocycles. The largest absolute Gasteiger partial charge is 0.357 e. The van der Waals surface area contributed by atoms with E-state index in [1.54, 1.807) is 19.0 Å². The fourth-order valence-corrected chi connectivity index (χ4v) is 2.87. The van der Waals surface area contributed by atoms with Crippen LogP contribution in [-0.4, -0.2) is 60.7 Å². The van der Waals surface area contributed by atoms with Crippen LogP contribution in [0.2, 0.25) is 0 Å². The van der Waals surface area contributed by atoms with Gasteiger partial charge in [0.15, 0.2) is 5.96 Å². The smallest absolute Gasteiger partial charge is 0.253 e. The van der Waals surface area contributed by atoms with E-state index in [0.29, 0.717) is 0 Å². The molecule has 2 rings (SSSR count). The maximum absolute atomic E-state index is 12.1. The van der Waals surface area contributed by atoms with Gasteiger partial charge in [-0.15, -0.1) is 24.0 Å². The first-order valence-electron chi connectivity index (χ1n) is 9.83. The lowest BCUT2D eigenvalue weighted by Crippen LogP contribution is -2.38. The van der Waals surface area contributed by atoms with Crippen LogP contribution in [-0.2, 0) is 12.8 Å². The first kappa shape index (κ1) is 24.9. The molecule has 3 N–H and O–H groups in total. The second kappa shape index (κ2) is 13.2. The summed E-state index contributed by atoms with van der Waals surface area (Å²) in [4.78, 5) is 18.3. The number of halogens is 1. The highest BCUT2D eigenvalue weighted by Crippen LogP contribution is 2.08. The van der Waals surface area contributed by atoms with E-state index in [2.05, 4.69) is 32.7 Å². The Morgan fingerprint density at radius 1 is 1.24 bits per heavy atom. The molecule has 0 bridgehead atoms. The molecular formula is C21H33IN6O. The zero-order valence-corrected chi connectivity index (χ0v) is 20.1. The Balaban J connectivity index is 0.00000420. The van der Waals surface area contributed by atoms with Crippen LogP contribution in [0.1, 0.15) is 40.5 Å². The topological polar surface area (TPSA) is 85.4 Å². The van der Waals surface area contributed by atoms with Crippen LogP contribution in [0.25, 0.3) is 0 Å². The van der Waals surface area contributed by atoms with E-state index in [0.717, 1.165) is 61.7 Å². The van der Waals surface area contributed by atoms with Gasteiger partial charge in [-0.25, -0.2) is 0 Å². The summed E-state index contributed by atoms with van der Waals surface area (Å²) in [5.74, 6) is 0.851. The summed E-state index contributed by atoms with van der Waals surface area (Å²) in [5, 5.41) is 13.7. The molecule has 0 aliphatic carbocycles. The van der Waals surface area contributed by atoms with Gasteiger partial charge in [-0.3, -0.25) is 14.9 Å². The molecule has 0 saturated heterocycles. The zero-order valence-electron chi connectivity index (χ0n) is 17.8. The molecule has 0 fully saturated rings. The molecule has 2 aromatic rings. The lowest BCUT2D eigenvalue weighted by atomic mass is 10.1. The SMILES string of the molecule is CCNC(=NCCCc1cn[nH]c1C)NCCc1cccc(C(=O)N(C)C)c1.I. The number of carbonyl (C=O) groups is 1. The molecule has 0 aliphatic rings. The minimum absolute atomic E-state index is 0. The molecule has 1 amide bonds. The lowest BCUT2D eigenvalue weighted by Gasteiger charge is -2.13. The van der Waals surface area contributed by atoms with E-state index < -0.39 is 0 Å². The Morgan fingerprint density at radius 3 is 2.69 bits per heavy atom. The highest BCUT2D eigenvalue weighted by molar-refractivity contribution is 14.0. The number of H-pyrrole nitrogens is 1. The van der Waals surface area contributed by atoms with Crippen molar-refractivity contribution in [3.8, 4) is 0 Å². The molecule has 160 valence electrons. The number of carbonyl (C=O) groups excluding carboxylic acids is 1. The van der Waals surface area contributed by atoms with Crippen molar-refractivity contribution in [3.63, 3.8) is 0 Å². The van der Waals surface area contributed by atoms with Crippen LogP contribution in [0.15, 0.2) is 35.5 Å². The summed E-state index contributed by atoms with van der Waals surface area (Å²) in [5.41, 5.74) is 4.23. The number of hydrogen-bond donors (Lipinski definition) is 3. The van der Waals surface area contributed by atoms with Crippen LogP contribution >= 0.6 is 24.0 Å². The van der Waals surface area contributed by atoms with Crippen LogP contribution in [0, 0.1) is 6.92 Å². The quantitative estimate of drug-likeness (QED) is 0.209. The second-order valence-corrected chi connectivity index (χ2v) is 6.96. The van der Waals surface area contributed by atoms with Gasteiger partial charge in [0.2, 0.25) is 0 Å². The molecule has 1 heterocycles. The van der Waals surface area contributed by atoms with Crippen LogP contribution in [0.4, 0.5) is 0 Å². The number of nitrogens with zero attached hydrogens (tertiary/aromatic N) is 3. The zero-order chi connectivity index (χ0) is 20.4. The summed E-state index contributed by atoms with van der Waals surface area (Å²) in [6.45, 7) is 6.43. The number of amides is 1. The molecule has 8 heteroatoms. The standard InChI is InChI=1S/C21H32N6O.HI/c1-5-22-21(23-12-7-10-19-15-25-26-16(19)2)24-13-11-17-8-6-9-18(14-17)20(28)27(3)4;/h6,8-9,14-15H,5,7,10-13H2,1-4H3,(H,25,26)(H2,22,23,24);1H. The molecule has 0 saturated carbocycles. The van der Waals surface area contributed by atoms with Gasteiger partial charge in [0.25, 0.3) is 5.91 Å². The number of aromatic nitrogens is 2. The number of aromatic amines is 1. The van der Waals surface area contributed by atoms with Crippen molar-refractivity contribution < 1.29 is 4.79 Å². The fourth-order valence-electron chi connectivity index (χ4n) is 2.87. The van der Waals surface area contributed by atoms with Gasteiger partial charge in [0, 0.05) is 45.0 Å². The van der Waals surface area contributed by atoms with E-state index >= 15 is 0 Å². The van der Waals surface area contributed by atoms with Gasteiger partial charge in [0.1, 0.15) is 0 Å². The maximum atomic E-state index is 12.1. The van der Waals surface area contributed by atoms with Crippen molar-refractivity contribution in [2.45, 2.75) is 33.1 Å². The maximum Gasteiger partial charge on any atom is 0.253 e. The Labute approximate surface area is 190 Å². The Morgan fingerprint density at radius 2 is 2.03 bits per heavy atom. The third-order valence-electron chi connectivity index (χ3n) is 4.44. The summed E-state index contributed by atoms with van der Waals surface area (Å²) >= 11 is 0. The van der Waals surface area contributed by atoms with Gasteiger partial charge < -0.3 is 15.5 Å². The number of rotatable bonds is 9. The van der Waals surface area contributed by atoms with Crippen molar-refractivity contribution in [3.05, 3.63) is 52.8 Å². The van der Waals surface area contributed by atoms with Crippen molar-refractivity contribution in [2.75, 3.05) is 33.7 Å². The predicted molar refractivity (Wildman–Crippen MR) is 129 cm³/mol. The average molecular weight is 512 g/mol. The molecule has 29 heavy (non-hydrogen) atoms. The van der Waals surface area contributed by atoms with E-state index in [1.807, 2.05) is 37.4 Å². The normalized spacial score (nSPS) is 11.0. The van der Waals surface area contributed by atoms with E-state index in [4.69, 9.17) is 0 Å². The van der Waals surface area contributed by atoms with E-state index in [9.17, 15) is 4.79 Å². The van der Waals surface area contributed by atoms with Crippen LogP contribution in [0.5, 0.6) is 0 Å². The monoisotopic (exact) mass is 512 g/mol. The number of aryl methyl sites for hydroxylation is 2. The van der Waals surface area contributed by atoms with Crippen LogP contribution in [0.3, 0.4) is 0 Å². The fraction of sp³-hybridized carbons (Fsp3) is 0.476. The van der Waals surface area contributed by atoms with Gasteiger partial charge in [-0.1, -0.05) is 12.1 Å². The predicted octanol–water partition coefficient (Wildman–Crippen LogP) is 2.77. The molecule has 0 spiro atoms. The molecule has 7 nitrogen and oxygen atoms in total. The molecule has 0 radical (unpaired) electrons. The highest BCUT2D eigenvalue weighted by Gasteiger charge is 2.08. The Bertz CT molecular complexity index is 787.